The maximum absolute atomic E-state index is 5.92. The van der Waals surface area contributed by atoms with E-state index >= 15 is 0 Å². The van der Waals surface area contributed by atoms with Crippen LogP contribution in [0.25, 0.3) is 0 Å². The van der Waals surface area contributed by atoms with Crippen LogP contribution >= 0.6 is 0 Å². The van der Waals surface area contributed by atoms with E-state index in [1.54, 1.807) is 7.11 Å². The Hall–Kier alpha value is -1.71. The predicted octanol–water partition coefficient (Wildman–Crippen LogP) is 4.52. The molecule has 1 aromatic rings. The topological polar surface area (TPSA) is 34.1 Å². The summed E-state index contributed by atoms with van der Waals surface area (Å²) in [7, 11) is 3.77. The number of hydrogen-bond acceptors (Lipinski definition) is 4. The first-order valence-electron chi connectivity index (χ1n) is 9.33. The molecule has 0 saturated heterocycles. The summed E-state index contributed by atoms with van der Waals surface area (Å²) < 4.78 is 11.4. The molecular formula is C20H32N2O2. The van der Waals surface area contributed by atoms with Crippen LogP contribution in [-0.2, 0) is 0 Å². The molecule has 4 heteroatoms. The lowest BCUT2D eigenvalue weighted by Crippen LogP contribution is -2.23. The number of rotatable bonds is 11. The van der Waals surface area contributed by atoms with E-state index in [4.69, 9.17) is 9.47 Å². The summed E-state index contributed by atoms with van der Waals surface area (Å²) in [5, 5.41) is 0. The Kier molecular flexibility index (Phi) is 7.93. The van der Waals surface area contributed by atoms with Gasteiger partial charge in [0.05, 0.1) is 20.3 Å². The van der Waals surface area contributed by atoms with E-state index in [1.165, 1.54) is 38.5 Å². The average Bonchev–Trinajstić information content (AvgIpc) is 3.03. The fraction of sp³-hybridized carbons (Fsp3) is 0.650. The lowest BCUT2D eigenvalue weighted by molar-refractivity contribution is 0.284. The summed E-state index contributed by atoms with van der Waals surface area (Å²) in [5.74, 6) is 2.65. The van der Waals surface area contributed by atoms with E-state index < -0.39 is 0 Å². The van der Waals surface area contributed by atoms with Gasteiger partial charge in [0.1, 0.15) is 5.84 Å². The first-order chi connectivity index (χ1) is 11.8. The normalized spacial score (nSPS) is 14.0. The van der Waals surface area contributed by atoms with Crippen LogP contribution < -0.4 is 9.47 Å². The lowest BCUT2D eigenvalue weighted by Gasteiger charge is -2.16. The third-order valence-corrected chi connectivity index (χ3v) is 4.49. The van der Waals surface area contributed by atoms with Gasteiger partial charge in [-0.25, -0.2) is 0 Å². The monoisotopic (exact) mass is 332 g/mol. The zero-order valence-corrected chi connectivity index (χ0v) is 15.5. The summed E-state index contributed by atoms with van der Waals surface area (Å²) in [6.45, 7) is 4.85. The molecule has 0 atom stereocenters. The Balaban J connectivity index is 1.78. The molecular weight excluding hydrogens is 300 g/mol. The molecule has 0 radical (unpaired) electrons. The Morgan fingerprint density at radius 1 is 1.04 bits per heavy atom. The highest BCUT2D eigenvalue weighted by atomic mass is 16.5. The van der Waals surface area contributed by atoms with Gasteiger partial charge in [0, 0.05) is 19.2 Å². The molecule has 0 fully saturated rings. The van der Waals surface area contributed by atoms with Crippen molar-refractivity contribution in [3.05, 3.63) is 23.8 Å². The summed E-state index contributed by atoms with van der Waals surface area (Å²) in [4.78, 5) is 6.73. The van der Waals surface area contributed by atoms with Crippen molar-refractivity contribution in [2.75, 3.05) is 33.9 Å². The molecule has 0 unspecified atom stereocenters. The number of hydrogen-bond donors (Lipinski definition) is 0. The average molecular weight is 332 g/mol. The minimum Gasteiger partial charge on any atom is -0.493 e. The fourth-order valence-corrected chi connectivity index (χ4v) is 3.01. The van der Waals surface area contributed by atoms with Crippen LogP contribution in [0.2, 0.25) is 0 Å². The molecule has 0 spiro atoms. The van der Waals surface area contributed by atoms with Gasteiger partial charge >= 0.3 is 0 Å². The zero-order chi connectivity index (χ0) is 17.2. The molecule has 4 nitrogen and oxygen atoms in total. The zero-order valence-electron chi connectivity index (χ0n) is 15.5. The molecule has 1 heterocycles. The second-order valence-corrected chi connectivity index (χ2v) is 6.46. The number of unbranched alkanes of at least 4 members (excludes halogenated alkanes) is 6. The van der Waals surface area contributed by atoms with Crippen molar-refractivity contribution in [3.8, 4) is 11.5 Å². The number of ether oxygens (including phenoxy) is 2. The van der Waals surface area contributed by atoms with Crippen LogP contribution in [-0.4, -0.2) is 44.6 Å². The largest absolute Gasteiger partial charge is 0.493 e. The maximum Gasteiger partial charge on any atom is 0.161 e. The summed E-state index contributed by atoms with van der Waals surface area (Å²) >= 11 is 0. The van der Waals surface area contributed by atoms with Gasteiger partial charge in [-0.3, -0.25) is 4.99 Å². The SMILES string of the molecule is CCCCCCCCCOc1ccc(C2=NCCN2C)cc1OC. The van der Waals surface area contributed by atoms with Gasteiger partial charge in [-0.15, -0.1) is 0 Å². The van der Waals surface area contributed by atoms with Gasteiger partial charge in [-0.05, 0) is 24.6 Å². The highest BCUT2D eigenvalue weighted by Gasteiger charge is 2.16. The van der Waals surface area contributed by atoms with Crippen molar-refractivity contribution in [2.24, 2.45) is 4.99 Å². The Morgan fingerprint density at radius 2 is 1.79 bits per heavy atom. The highest BCUT2D eigenvalue weighted by molar-refractivity contribution is 6.00. The Bertz CT molecular complexity index is 528. The molecule has 2 rings (SSSR count). The number of methoxy groups -OCH3 is 1. The number of benzene rings is 1. The van der Waals surface area contributed by atoms with Gasteiger partial charge in [0.2, 0.25) is 0 Å². The molecule has 0 bridgehead atoms. The van der Waals surface area contributed by atoms with Gasteiger partial charge in [0.15, 0.2) is 11.5 Å². The van der Waals surface area contributed by atoms with Crippen LogP contribution in [0.5, 0.6) is 11.5 Å². The van der Waals surface area contributed by atoms with E-state index in [0.29, 0.717) is 0 Å². The highest BCUT2D eigenvalue weighted by Crippen LogP contribution is 2.29. The maximum atomic E-state index is 5.92. The van der Waals surface area contributed by atoms with Crippen LogP contribution in [0.15, 0.2) is 23.2 Å². The minimum atomic E-state index is 0.754. The van der Waals surface area contributed by atoms with Crippen molar-refractivity contribution in [1.29, 1.82) is 0 Å². The van der Waals surface area contributed by atoms with Crippen LogP contribution in [0, 0.1) is 0 Å². The van der Waals surface area contributed by atoms with E-state index in [0.717, 1.165) is 49.0 Å². The van der Waals surface area contributed by atoms with Gasteiger partial charge in [-0.2, -0.15) is 0 Å². The second-order valence-electron chi connectivity index (χ2n) is 6.46. The van der Waals surface area contributed by atoms with Crippen LogP contribution in [0.1, 0.15) is 57.4 Å². The molecule has 0 N–H and O–H groups in total. The first kappa shape index (κ1) is 18.6. The molecule has 0 saturated carbocycles. The number of likely N-dealkylation sites (N-methyl/N-ethyl adjacent to an activating group) is 1. The molecule has 134 valence electrons. The van der Waals surface area contributed by atoms with E-state index in [9.17, 15) is 0 Å². The van der Waals surface area contributed by atoms with Gasteiger partial charge in [-0.1, -0.05) is 45.4 Å². The van der Waals surface area contributed by atoms with Crippen molar-refractivity contribution < 1.29 is 9.47 Å². The minimum absolute atomic E-state index is 0.754. The molecule has 24 heavy (non-hydrogen) atoms. The third-order valence-electron chi connectivity index (χ3n) is 4.49. The molecule has 1 aliphatic rings. The smallest absolute Gasteiger partial charge is 0.161 e. The van der Waals surface area contributed by atoms with E-state index in [-0.39, 0.29) is 0 Å². The van der Waals surface area contributed by atoms with Crippen molar-refractivity contribution >= 4 is 5.84 Å². The van der Waals surface area contributed by atoms with Crippen molar-refractivity contribution in [1.82, 2.24) is 4.90 Å². The van der Waals surface area contributed by atoms with E-state index in [2.05, 4.69) is 29.9 Å². The fourth-order valence-electron chi connectivity index (χ4n) is 3.01. The summed E-state index contributed by atoms with van der Waals surface area (Å²) in [6.07, 6.45) is 9.04. The second kappa shape index (κ2) is 10.2. The molecule has 0 aromatic heterocycles. The van der Waals surface area contributed by atoms with Gasteiger partial charge < -0.3 is 14.4 Å². The molecule has 1 aromatic carbocycles. The standard InChI is InChI=1S/C20H32N2O2/c1-4-5-6-7-8-9-10-15-24-18-12-11-17(16-19(18)23-3)20-21-13-14-22(20)2/h11-12,16H,4-10,13-15H2,1-3H3. The van der Waals surface area contributed by atoms with Crippen LogP contribution in [0.3, 0.4) is 0 Å². The molecule has 0 aliphatic carbocycles. The first-order valence-corrected chi connectivity index (χ1v) is 9.33. The van der Waals surface area contributed by atoms with Crippen molar-refractivity contribution in [2.45, 2.75) is 51.9 Å². The molecule has 0 amide bonds. The van der Waals surface area contributed by atoms with E-state index in [1.807, 2.05) is 12.1 Å². The predicted molar refractivity (Wildman–Crippen MR) is 101 cm³/mol. The quantitative estimate of drug-likeness (QED) is 0.559. The van der Waals surface area contributed by atoms with Crippen molar-refractivity contribution in [3.63, 3.8) is 0 Å². The number of amidine groups is 1. The summed E-state index contributed by atoms with van der Waals surface area (Å²) in [6, 6.07) is 6.11. The number of aliphatic imine (C=N–C) groups is 1. The lowest BCUT2D eigenvalue weighted by atomic mass is 10.1. The Labute approximate surface area is 146 Å². The van der Waals surface area contributed by atoms with Crippen LogP contribution in [0.4, 0.5) is 0 Å². The van der Waals surface area contributed by atoms with Gasteiger partial charge in [0.25, 0.3) is 0 Å². The number of nitrogens with zero attached hydrogens (tertiary/aromatic N) is 2. The Morgan fingerprint density at radius 3 is 2.46 bits per heavy atom. The molecule has 1 aliphatic heterocycles. The summed E-state index contributed by atoms with van der Waals surface area (Å²) in [5.41, 5.74) is 1.09. The third kappa shape index (κ3) is 5.43.